The summed E-state index contributed by atoms with van der Waals surface area (Å²) in [6.45, 7) is 2.30. The highest BCUT2D eigenvalue weighted by atomic mass is 16.6. The normalized spacial score (nSPS) is 32.8. The lowest BCUT2D eigenvalue weighted by Gasteiger charge is -2.40. The van der Waals surface area contributed by atoms with Crippen LogP contribution in [0.3, 0.4) is 0 Å². The average molecular weight is 266 g/mol. The van der Waals surface area contributed by atoms with E-state index in [9.17, 15) is 0 Å². The molecule has 0 amide bonds. The average Bonchev–Trinajstić information content (AvgIpc) is 3.02. The van der Waals surface area contributed by atoms with Crippen molar-refractivity contribution in [3.05, 3.63) is 18.2 Å². The highest BCUT2D eigenvalue weighted by Gasteiger charge is 2.43. The van der Waals surface area contributed by atoms with Gasteiger partial charge >= 0.3 is 0 Å². The van der Waals surface area contributed by atoms with Gasteiger partial charge in [0.05, 0.1) is 30.3 Å². The fraction of sp³-hybridized carbons (Fsp3) is 0.769. The van der Waals surface area contributed by atoms with Crippen LogP contribution in [0.15, 0.2) is 12.5 Å². The number of hydrogen-bond donors (Lipinski definition) is 2. The van der Waals surface area contributed by atoms with Gasteiger partial charge in [-0.3, -0.25) is 11.3 Å². The van der Waals surface area contributed by atoms with Crippen LogP contribution in [0.4, 0.5) is 0 Å². The first-order chi connectivity index (χ1) is 9.24. The Bertz CT molecular complexity index is 428. The van der Waals surface area contributed by atoms with Crippen molar-refractivity contribution < 1.29 is 9.47 Å². The molecule has 1 aromatic rings. The fourth-order valence-corrected chi connectivity index (χ4v) is 3.34. The van der Waals surface area contributed by atoms with Gasteiger partial charge in [0.2, 0.25) is 0 Å². The Morgan fingerprint density at radius 3 is 3.11 bits per heavy atom. The van der Waals surface area contributed by atoms with Gasteiger partial charge in [-0.2, -0.15) is 0 Å². The third kappa shape index (κ3) is 2.41. The molecule has 1 spiro atoms. The Morgan fingerprint density at radius 1 is 1.58 bits per heavy atom. The molecule has 0 radical (unpaired) electrons. The maximum Gasteiger partial charge on any atom is 0.0946 e. The lowest BCUT2D eigenvalue weighted by molar-refractivity contribution is -0.103. The lowest BCUT2D eigenvalue weighted by atomic mass is 9.80. The molecule has 3 heterocycles. The number of aryl methyl sites for hydroxylation is 1. The fourth-order valence-electron chi connectivity index (χ4n) is 3.34. The van der Waals surface area contributed by atoms with Crippen molar-refractivity contribution in [3.63, 3.8) is 0 Å². The van der Waals surface area contributed by atoms with Crippen LogP contribution in [-0.4, -0.2) is 35.0 Å². The van der Waals surface area contributed by atoms with Gasteiger partial charge in [-0.25, -0.2) is 4.98 Å². The summed E-state index contributed by atoms with van der Waals surface area (Å²) in [5.74, 6) is 6.24. The molecular formula is C13H22N4O2. The zero-order valence-electron chi connectivity index (χ0n) is 11.3. The van der Waals surface area contributed by atoms with Crippen molar-refractivity contribution in [2.45, 2.75) is 30.9 Å². The molecule has 0 saturated carbocycles. The summed E-state index contributed by atoms with van der Waals surface area (Å²) in [6, 6.07) is 0.119. The van der Waals surface area contributed by atoms with E-state index in [4.69, 9.17) is 15.3 Å². The molecule has 3 unspecified atom stereocenters. The van der Waals surface area contributed by atoms with E-state index < -0.39 is 0 Å². The Kier molecular flexibility index (Phi) is 3.58. The van der Waals surface area contributed by atoms with Crippen LogP contribution < -0.4 is 11.3 Å². The quantitative estimate of drug-likeness (QED) is 0.616. The molecule has 0 bridgehead atoms. The van der Waals surface area contributed by atoms with Gasteiger partial charge < -0.3 is 14.0 Å². The van der Waals surface area contributed by atoms with Crippen molar-refractivity contribution in [1.82, 2.24) is 15.0 Å². The third-order valence-corrected chi connectivity index (χ3v) is 4.42. The number of imidazole rings is 1. The number of aromatic nitrogens is 2. The predicted octanol–water partition coefficient (Wildman–Crippen LogP) is 0.510. The second kappa shape index (κ2) is 5.20. The van der Waals surface area contributed by atoms with E-state index in [0.717, 1.165) is 38.2 Å². The summed E-state index contributed by atoms with van der Waals surface area (Å²) >= 11 is 0. The van der Waals surface area contributed by atoms with E-state index >= 15 is 0 Å². The van der Waals surface area contributed by atoms with E-state index in [1.807, 2.05) is 24.1 Å². The standard InChI is InChI=1S/C13H22N4O2/c1-17-9-15-7-11(17)12(16-14)10-2-4-19-13(6-10)3-5-18-8-13/h7,9-10,12,16H,2-6,8,14H2,1H3. The van der Waals surface area contributed by atoms with Crippen LogP contribution in [0.5, 0.6) is 0 Å². The Morgan fingerprint density at radius 2 is 2.47 bits per heavy atom. The first kappa shape index (κ1) is 13.1. The largest absolute Gasteiger partial charge is 0.378 e. The molecule has 3 rings (SSSR count). The molecule has 19 heavy (non-hydrogen) atoms. The van der Waals surface area contributed by atoms with Gasteiger partial charge in [-0.15, -0.1) is 0 Å². The van der Waals surface area contributed by atoms with Crippen molar-refractivity contribution in [2.75, 3.05) is 19.8 Å². The van der Waals surface area contributed by atoms with E-state index in [-0.39, 0.29) is 11.6 Å². The summed E-state index contributed by atoms with van der Waals surface area (Å²) < 4.78 is 13.5. The Labute approximate surface area is 113 Å². The molecule has 0 aliphatic carbocycles. The van der Waals surface area contributed by atoms with Crippen LogP contribution in [-0.2, 0) is 16.5 Å². The maximum absolute atomic E-state index is 5.98. The van der Waals surface area contributed by atoms with E-state index in [0.29, 0.717) is 12.5 Å². The first-order valence-corrected chi connectivity index (χ1v) is 6.88. The smallest absolute Gasteiger partial charge is 0.0946 e. The molecule has 2 saturated heterocycles. The molecule has 2 fully saturated rings. The Hall–Kier alpha value is -0.950. The number of rotatable bonds is 3. The molecule has 3 N–H and O–H groups in total. The third-order valence-electron chi connectivity index (χ3n) is 4.42. The number of nitrogens with two attached hydrogens (primary N) is 1. The SMILES string of the molecule is Cn1cncc1C(NN)C1CCOC2(CCOC2)C1. The zero-order valence-corrected chi connectivity index (χ0v) is 11.3. The van der Waals surface area contributed by atoms with Crippen molar-refractivity contribution >= 4 is 0 Å². The van der Waals surface area contributed by atoms with Crippen molar-refractivity contribution in [1.29, 1.82) is 0 Å². The highest BCUT2D eigenvalue weighted by molar-refractivity contribution is 5.08. The molecule has 106 valence electrons. The van der Waals surface area contributed by atoms with Crippen molar-refractivity contribution in [2.24, 2.45) is 18.8 Å². The molecule has 6 heteroatoms. The predicted molar refractivity (Wildman–Crippen MR) is 70.1 cm³/mol. The molecule has 6 nitrogen and oxygen atoms in total. The van der Waals surface area contributed by atoms with Gasteiger partial charge in [0.25, 0.3) is 0 Å². The number of hydrazine groups is 1. The van der Waals surface area contributed by atoms with Gasteiger partial charge in [-0.05, 0) is 18.8 Å². The summed E-state index contributed by atoms with van der Waals surface area (Å²) in [7, 11) is 2.00. The lowest BCUT2D eigenvalue weighted by Crippen LogP contribution is -2.45. The van der Waals surface area contributed by atoms with Crippen LogP contribution >= 0.6 is 0 Å². The number of hydrogen-bond acceptors (Lipinski definition) is 5. The summed E-state index contributed by atoms with van der Waals surface area (Å²) in [6.07, 6.45) is 6.70. The Balaban J connectivity index is 1.78. The molecule has 2 aliphatic heterocycles. The van der Waals surface area contributed by atoms with Crippen LogP contribution in [0.2, 0.25) is 0 Å². The zero-order chi connectivity index (χ0) is 13.3. The first-order valence-electron chi connectivity index (χ1n) is 6.88. The van der Waals surface area contributed by atoms with Crippen LogP contribution in [0.1, 0.15) is 31.0 Å². The minimum Gasteiger partial charge on any atom is -0.378 e. The van der Waals surface area contributed by atoms with Gasteiger partial charge in [0.1, 0.15) is 0 Å². The van der Waals surface area contributed by atoms with Gasteiger partial charge in [0.15, 0.2) is 0 Å². The summed E-state index contributed by atoms with van der Waals surface area (Å²) in [5.41, 5.74) is 4.01. The monoisotopic (exact) mass is 266 g/mol. The highest BCUT2D eigenvalue weighted by Crippen LogP contribution is 2.40. The molecule has 0 aromatic carbocycles. The van der Waals surface area contributed by atoms with E-state index in [2.05, 4.69) is 10.4 Å². The minimum absolute atomic E-state index is 0.0867. The maximum atomic E-state index is 5.98. The van der Waals surface area contributed by atoms with E-state index in [1.54, 1.807) is 0 Å². The molecule has 2 aliphatic rings. The van der Waals surface area contributed by atoms with Gasteiger partial charge in [-0.1, -0.05) is 0 Å². The van der Waals surface area contributed by atoms with E-state index in [1.165, 1.54) is 0 Å². The van der Waals surface area contributed by atoms with Crippen LogP contribution in [0.25, 0.3) is 0 Å². The molecule has 3 atom stereocenters. The number of nitrogens with zero attached hydrogens (tertiary/aromatic N) is 2. The minimum atomic E-state index is -0.0867. The van der Waals surface area contributed by atoms with Crippen LogP contribution in [0, 0.1) is 5.92 Å². The topological polar surface area (TPSA) is 74.3 Å². The number of ether oxygens (including phenoxy) is 2. The number of nitrogens with one attached hydrogen (secondary N) is 1. The summed E-state index contributed by atoms with van der Waals surface area (Å²) in [5, 5.41) is 0. The van der Waals surface area contributed by atoms with Gasteiger partial charge in [0, 0.05) is 32.9 Å². The second-order valence-electron chi connectivity index (χ2n) is 5.66. The second-order valence-corrected chi connectivity index (χ2v) is 5.66. The summed E-state index contributed by atoms with van der Waals surface area (Å²) in [4.78, 5) is 4.19. The van der Waals surface area contributed by atoms with Crippen molar-refractivity contribution in [3.8, 4) is 0 Å². The molecular weight excluding hydrogens is 244 g/mol. The molecule has 1 aromatic heterocycles.